The monoisotopic (exact) mass is 422 g/mol. The average Bonchev–Trinajstić information content (AvgIpc) is 2.56. The van der Waals surface area contributed by atoms with E-state index in [-0.39, 0.29) is 21.9 Å². The van der Waals surface area contributed by atoms with Crippen molar-refractivity contribution >= 4 is 55.9 Å². The molecule has 0 amide bonds. The highest BCUT2D eigenvalue weighted by molar-refractivity contribution is 9.10. The first-order chi connectivity index (χ1) is 11.8. The quantitative estimate of drug-likeness (QED) is 0.372. The Hall–Kier alpha value is -2.58. The Morgan fingerprint density at radius 2 is 2.00 bits per heavy atom. The van der Waals surface area contributed by atoms with Gasteiger partial charge in [-0.2, -0.15) is 0 Å². The van der Waals surface area contributed by atoms with Crippen molar-refractivity contribution in [2.75, 3.05) is 18.6 Å². The highest BCUT2D eigenvalue weighted by Crippen LogP contribution is 2.29. The van der Waals surface area contributed by atoms with E-state index in [1.165, 1.54) is 17.7 Å². The Morgan fingerprint density at radius 3 is 2.64 bits per heavy atom. The van der Waals surface area contributed by atoms with E-state index < -0.39 is 11.5 Å². The molecule has 9 heteroatoms. The molecule has 2 aromatic heterocycles. The largest absolute Gasteiger partial charge is 0.465 e. The van der Waals surface area contributed by atoms with Crippen molar-refractivity contribution in [3.8, 4) is 5.69 Å². The maximum absolute atomic E-state index is 13.0. The van der Waals surface area contributed by atoms with Crippen molar-refractivity contribution in [1.29, 1.82) is 0 Å². The van der Waals surface area contributed by atoms with Gasteiger partial charge < -0.3 is 16.2 Å². The standard InChI is InChI=1S/C16H12BrClN4O3/c1-25-16(24)12-13(20)8-3-5-11(17)21-14(8)22(15(12)23)10-4-2-7(19)6-9(10)18/h2-6H,19-20H2,1H3. The number of benzene rings is 1. The lowest BCUT2D eigenvalue weighted by Gasteiger charge is -2.15. The Balaban J connectivity index is 2.54. The number of methoxy groups -OCH3 is 1. The highest BCUT2D eigenvalue weighted by Gasteiger charge is 2.24. The maximum Gasteiger partial charge on any atom is 0.345 e. The van der Waals surface area contributed by atoms with E-state index in [1.54, 1.807) is 24.3 Å². The molecule has 4 N–H and O–H groups in total. The van der Waals surface area contributed by atoms with Crippen LogP contribution in [0.1, 0.15) is 10.4 Å². The number of carbonyl (C=O) groups is 1. The van der Waals surface area contributed by atoms with E-state index >= 15 is 0 Å². The molecule has 0 atom stereocenters. The van der Waals surface area contributed by atoms with Gasteiger partial charge in [0.15, 0.2) is 5.65 Å². The molecular formula is C16H12BrClN4O3. The van der Waals surface area contributed by atoms with Gasteiger partial charge in [0.05, 0.1) is 23.5 Å². The van der Waals surface area contributed by atoms with Crippen molar-refractivity contribution in [3.05, 3.63) is 55.9 Å². The van der Waals surface area contributed by atoms with Crippen LogP contribution in [0.2, 0.25) is 5.02 Å². The van der Waals surface area contributed by atoms with Crippen LogP contribution < -0.4 is 17.0 Å². The number of anilines is 2. The van der Waals surface area contributed by atoms with Gasteiger partial charge in [-0.15, -0.1) is 0 Å². The zero-order valence-electron chi connectivity index (χ0n) is 12.9. The second-order valence-corrected chi connectivity index (χ2v) is 6.36. The summed E-state index contributed by atoms with van der Waals surface area (Å²) in [6, 6.07) is 7.96. The predicted octanol–water partition coefficient (Wildman–Crippen LogP) is 2.75. The number of rotatable bonds is 2. The highest BCUT2D eigenvalue weighted by atomic mass is 79.9. The Labute approximate surface area is 155 Å². The Kier molecular flexibility index (Phi) is 4.40. The summed E-state index contributed by atoms with van der Waals surface area (Å²) in [6.07, 6.45) is 0. The average molecular weight is 424 g/mol. The molecule has 128 valence electrons. The number of fused-ring (bicyclic) bond motifs is 1. The van der Waals surface area contributed by atoms with Crippen LogP contribution in [0.3, 0.4) is 0 Å². The molecule has 0 saturated carbocycles. The number of ether oxygens (including phenoxy) is 1. The number of esters is 1. The molecule has 0 aliphatic rings. The molecule has 0 saturated heterocycles. The molecule has 2 heterocycles. The lowest BCUT2D eigenvalue weighted by atomic mass is 10.1. The van der Waals surface area contributed by atoms with Gasteiger partial charge in [-0.1, -0.05) is 11.6 Å². The summed E-state index contributed by atoms with van der Waals surface area (Å²) in [5, 5.41) is 0.641. The van der Waals surface area contributed by atoms with Crippen molar-refractivity contribution in [2.24, 2.45) is 0 Å². The summed E-state index contributed by atoms with van der Waals surface area (Å²) < 4.78 is 6.40. The molecule has 0 radical (unpaired) electrons. The summed E-state index contributed by atoms with van der Waals surface area (Å²) in [5.41, 5.74) is 11.8. The van der Waals surface area contributed by atoms with Crippen molar-refractivity contribution < 1.29 is 9.53 Å². The van der Waals surface area contributed by atoms with E-state index in [0.29, 0.717) is 21.4 Å². The minimum Gasteiger partial charge on any atom is -0.465 e. The molecule has 25 heavy (non-hydrogen) atoms. The normalized spacial score (nSPS) is 10.8. The zero-order valence-corrected chi connectivity index (χ0v) is 15.3. The fraction of sp³-hybridized carbons (Fsp3) is 0.0625. The van der Waals surface area contributed by atoms with Crippen LogP contribution in [-0.2, 0) is 4.74 Å². The molecule has 0 aliphatic heterocycles. The maximum atomic E-state index is 13.0. The van der Waals surface area contributed by atoms with Gasteiger partial charge in [0, 0.05) is 11.1 Å². The lowest BCUT2D eigenvalue weighted by Crippen LogP contribution is -2.29. The number of carbonyl (C=O) groups excluding carboxylic acids is 1. The Morgan fingerprint density at radius 1 is 1.28 bits per heavy atom. The van der Waals surface area contributed by atoms with Crippen molar-refractivity contribution in [1.82, 2.24) is 9.55 Å². The number of pyridine rings is 2. The van der Waals surface area contributed by atoms with E-state index in [1.807, 2.05) is 0 Å². The van der Waals surface area contributed by atoms with Crippen LogP contribution in [0.25, 0.3) is 16.7 Å². The van der Waals surface area contributed by atoms with E-state index in [9.17, 15) is 9.59 Å². The number of aromatic nitrogens is 2. The van der Waals surface area contributed by atoms with E-state index in [2.05, 4.69) is 20.9 Å². The fourth-order valence-corrected chi connectivity index (χ4v) is 3.06. The SMILES string of the molecule is COC(=O)c1c(N)c2ccc(Br)nc2n(-c2ccc(N)cc2Cl)c1=O. The summed E-state index contributed by atoms with van der Waals surface area (Å²) in [5.74, 6) is -0.840. The Bertz CT molecular complexity index is 1080. The topological polar surface area (TPSA) is 113 Å². The van der Waals surface area contributed by atoms with Crippen LogP contribution in [0.5, 0.6) is 0 Å². The molecule has 0 bridgehead atoms. The van der Waals surface area contributed by atoms with E-state index in [4.69, 9.17) is 27.8 Å². The fourth-order valence-electron chi connectivity index (χ4n) is 2.49. The summed E-state index contributed by atoms with van der Waals surface area (Å²) in [7, 11) is 1.17. The number of hydrogen-bond donors (Lipinski definition) is 2. The third kappa shape index (κ3) is 2.83. The third-order valence-electron chi connectivity index (χ3n) is 3.63. The molecule has 3 rings (SSSR count). The first-order valence-electron chi connectivity index (χ1n) is 6.99. The lowest BCUT2D eigenvalue weighted by molar-refractivity contribution is 0.0600. The number of hydrogen-bond acceptors (Lipinski definition) is 6. The molecule has 0 unspecified atom stereocenters. The molecule has 0 spiro atoms. The minimum absolute atomic E-state index is 0.00494. The van der Waals surface area contributed by atoms with Crippen LogP contribution in [0.15, 0.2) is 39.7 Å². The summed E-state index contributed by atoms with van der Waals surface area (Å²) >= 11 is 9.52. The van der Waals surface area contributed by atoms with Gasteiger partial charge in [-0.3, -0.25) is 9.36 Å². The zero-order chi connectivity index (χ0) is 18.3. The molecule has 7 nitrogen and oxygen atoms in total. The van der Waals surface area contributed by atoms with Gasteiger partial charge in [0.1, 0.15) is 10.2 Å². The van der Waals surface area contributed by atoms with Gasteiger partial charge in [0.2, 0.25) is 0 Å². The first-order valence-corrected chi connectivity index (χ1v) is 8.16. The second kappa shape index (κ2) is 6.38. The molecule has 1 aromatic carbocycles. The smallest absolute Gasteiger partial charge is 0.345 e. The van der Waals surface area contributed by atoms with Crippen LogP contribution in [-0.4, -0.2) is 22.6 Å². The third-order valence-corrected chi connectivity index (χ3v) is 4.38. The minimum atomic E-state index is -0.840. The number of nitrogen functional groups attached to an aromatic ring is 2. The second-order valence-electron chi connectivity index (χ2n) is 5.14. The summed E-state index contributed by atoms with van der Waals surface area (Å²) in [6.45, 7) is 0. The first kappa shape index (κ1) is 17.2. The van der Waals surface area contributed by atoms with Gasteiger partial charge in [0.25, 0.3) is 5.56 Å². The number of halogens is 2. The molecule has 0 aliphatic carbocycles. The number of nitrogens with two attached hydrogens (primary N) is 2. The van der Waals surface area contributed by atoms with Gasteiger partial charge in [-0.25, -0.2) is 9.78 Å². The number of nitrogens with zero attached hydrogens (tertiary/aromatic N) is 2. The van der Waals surface area contributed by atoms with Crippen LogP contribution in [0.4, 0.5) is 11.4 Å². The molecular weight excluding hydrogens is 412 g/mol. The van der Waals surface area contributed by atoms with E-state index in [0.717, 1.165) is 0 Å². The summed E-state index contributed by atoms with van der Waals surface area (Å²) in [4.78, 5) is 29.4. The van der Waals surface area contributed by atoms with Crippen LogP contribution in [0, 0.1) is 0 Å². The predicted molar refractivity (Wildman–Crippen MR) is 100 cm³/mol. The van der Waals surface area contributed by atoms with Gasteiger partial charge in [-0.05, 0) is 46.3 Å². The molecule has 0 fully saturated rings. The molecule has 3 aromatic rings. The van der Waals surface area contributed by atoms with Crippen LogP contribution >= 0.6 is 27.5 Å². The van der Waals surface area contributed by atoms with Gasteiger partial charge >= 0.3 is 5.97 Å². The van der Waals surface area contributed by atoms with Crippen molar-refractivity contribution in [3.63, 3.8) is 0 Å². The van der Waals surface area contributed by atoms with Crippen molar-refractivity contribution in [2.45, 2.75) is 0 Å².